The van der Waals surface area contributed by atoms with Gasteiger partial charge in [0, 0.05) is 5.41 Å². The van der Waals surface area contributed by atoms with E-state index in [0.717, 1.165) is 5.56 Å². The molecule has 0 amide bonds. The van der Waals surface area contributed by atoms with Crippen LogP contribution in [0.15, 0.2) is 30.3 Å². The molecule has 0 bridgehead atoms. The van der Waals surface area contributed by atoms with Crippen molar-refractivity contribution in [1.29, 1.82) is 0 Å². The summed E-state index contributed by atoms with van der Waals surface area (Å²) in [6.07, 6.45) is 0.458. The molecule has 0 aliphatic heterocycles. The maximum absolute atomic E-state index is 11.9. The molecule has 0 aliphatic carbocycles. The lowest BCUT2D eigenvalue weighted by atomic mass is 9.88. The van der Waals surface area contributed by atoms with E-state index >= 15 is 0 Å². The van der Waals surface area contributed by atoms with Crippen LogP contribution in [0.25, 0.3) is 0 Å². The molecule has 0 unspecified atom stereocenters. The van der Waals surface area contributed by atoms with E-state index in [1.54, 1.807) is 0 Å². The molecule has 9 heteroatoms. The third-order valence-electron chi connectivity index (χ3n) is 4.59. The number of benzene rings is 1. The highest BCUT2D eigenvalue weighted by molar-refractivity contribution is 5.69. The molecule has 0 heterocycles. The SMILES string of the molecule is CCC(COCCC(=O)O)(COCCC(=O)O)COCCC(=O)OCc1ccccc1. The van der Waals surface area contributed by atoms with E-state index in [0.29, 0.717) is 6.42 Å². The predicted octanol–water partition coefficient (Wildman–Crippen LogP) is 2.52. The molecule has 0 aliphatic rings. The summed E-state index contributed by atoms with van der Waals surface area (Å²) < 4.78 is 21.9. The summed E-state index contributed by atoms with van der Waals surface area (Å²) in [5.74, 6) is -2.28. The first-order chi connectivity index (χ1) is 14.9. The minimum absolute atomic E-state index is 0.0536. The Labute approximate surface area is 182 Å². The predicted molar refractivity (Wildman–Crippen MR) is 111 cm³/mol. The van der Waals surface area contributed by atoms with Crippen molar-refractivity contribution in [3.8, 4) is 0 Å². The van der Waals surface area contributed by atoms with E-state index in [-0.39, 0.29) is 71.5 Å². The average molecular weight is 440 g/mol. The van der Waals surface area contributed by atoms with Crippen molar-refractivity contribution in [2.24, 2.45) is 5.41 Å². The summed E-state index contributed by atoms with van der Waals surface area (Å²) in [6.45, 7) is 2.99. The highest BCUT2D eigenvalue weighted by atomic mass is 16.5. The number of carboxylic acid groups (broad SMARTS) is 2. The number of rotatable bonds is 18. The van der Waals surface area contributed by atoms with Gasteiger partial charge in [0.2, 0.25) is 0 Å². The van der Waals surface area contributed by atoms with E-state index in [1.807, 2.05) is 37.3 Å². The van der Waals surface area contributed by atoms with Crippen LogP contribution in [0.5, 0.6) is 0 Å². The summed E-state index contributed by atoms with van der Waals surface area (Å²) in [6, 6.07) is 9.36. The molecule has 0 saturated heterocycles. The van der Waals surface area contributed by atoms with Crippen LogP contribution in [0, 0.1) is 5.41 Å². The van der Waals surface area contributed by atoms with Gasteiger partial charge in [0.05, 0.1) is 58.9 Å². The summed E-state index contributed by atoms with van der Waals surface area (Å²) in [5.41, 5.74) is 0.323. The van der Waals surface area contributed by atoms with E-state index in [4.69, 9.17) is 29.2 Å². The van der Waals surface area contributed by atoms with E-state index in [1.165, 1.54) is 0 Å². The molecule has 0 radical (unpaired) electrons. The number of aliphatic carboxylic acids is 2. The minimum Gasteiger partial charge on any atom is -0.481 e. The molecular formula is C22H32O9. The second-order valence-electron chi connectivity index (χ2n) is 7.20. The number of carbonyl (C=O) groups is 3. The zero-order valence-electron chi connectivity index (χ0n) is 17.9. The molecule has 1 rings (SSSR count). The summed E-state index contributed by atoms with van der Waals surface area (Å²) in [4.78, 5) is 33.2. The Morgan fingerprint density at radius 1 is 0.806 bits per heavy atom. The van der Waals surface area contributed by atoms with Crippen molar-refractivity contribution < 1.29 is 43.5 Å². The summed E-state index contributed by atoms with van der Waals surface area (Å²) in [5, 5.41) is 17.5. The fraction of sp³-hybridized carbons (Fsp3) is 0.591. The lowest BCUT2D eigenvalue weighted by Crippen LogP contribution is -2.37. The van der Waals surface area contributed by atoms with Crippen LogP contribution in [0.3, 0.4) is 0 Å². The zero-order chi connectivity index (χ0) is 23.0. The Morgan fingerprint density at radius 3 is 1.74 bits per heavy atom. The maximum Gasteiger partial charge on any atom is 0.308 e. The van der Waals surface area contributed by atoms with Gasteiger partial charge >= 0.3 is 17.9 Å². The smallest absolute Gasteiger partial charge is 0.308 e. The standard InChI is InChI=1S/C22H32O9/c1-2-22(15-28-11-8-19(23)24,16-29-12-9-20(25)26)17-30-13-10-21(27)31-14-18-6-4-3-5-7-18/h3-7H,2,8-17H2,1H3,(H,23,24)(H,25,26). The number of esters is 1. The molecule has 0 aromatic heterocycles. The van der Waals surface area contributed by atoms with Gasteiger partial charge in [0.1, 0.15) is 6.61 Å². The largest absolute Gasteiger partial charge is 0.481 e. The van der Waals surface area contributed by atoms with Crippen molar-refractivity contribution in [2.45, 2.75) is 39.2 Å². The van der Waals surface area contributed by atoms with E-state index in [2.05, 4.69) is 0 Å². The van der Waals surface area contributed by atoms with Crippen molar-refractivity contribution >= 4 is 17.9 Å². The number of carbonyl (C=O) groups excluding carboxylic acids is 1. The van der Waals surface area contributed by atoms with Gasteiger partial charge in [-0.3, -0.25) is 14.4 Å². The first-order valence-corrected chi connectivity index (χ1v) is 10.2. The van der Waals surface area contributed by atoms with Crippen molar-refractivity contribution in [2.75, 3.05) is 39.6 Å². The fourth-order valence-corrected chi connectivity index (χ4v) is 2.58. The highest BCUT2D eigenvalue weighted by Crippen LogP contribution is 2.24. The monoisotopic (exact) mass is 440 g/mol. The van der Waals surface area contributed by atoms with Crippen LogP contribution < -0.4 is 0 Å². The normalized spacial score (nSPS) is 11.3. The Hall–Kier alpha value is -2.49. The lowest BCUT2D eigenvalue weighted by Gasteiger charge is -2.32. The molecule has 0 fully saturated rings. The quantitative estimate of drug-likeness (QED) is 0.261. The van der Waals surface area contributed by atoms with Crippen molar-refractivity contribution in [3.63, 3.8) is 0 Å². The molecule has 2 N–H and O–H groups in total. The maximum atomic E-state index is 11.9. The Bertz CT molecular complexity index is 638. The molecule has 174 valence electrons. The molecular weight excluding hydrogens is 408 g/mol. The number of carboxylic acids is 2. The molecule has 0 spiro atoms. The van der Waals surface area contributed by atoms with Crippen LogP contribution in [0.4, 0.5) is 0 Å². The lowest BCUT2D eigenvalue weighted by molar-refractivity contribution is -0.147. The summed E-state index contributed by atoms with van der Waals surface area (Å²) in [7, 11) is 0. The number of ether oxygens (including phenoxy) is 4. The second kappa shape index (κ2) is 15.3. The molecule has 0 saturated carbocycles. The van der Waals surface area contributed by atoms with Crippen LogP contribution in [-0.4, -0.2) is 67.8 Å². The van der Waals surface area contributed by atoms with Crippen molar-refractivity contribution in [1.82, 2.24) is 0 Å². The van der Waals surface area contributed by atoms with Gasteiger partial charge in [0.15, 0.2) is 0 Å². The zero-order valence-corrected chi connectivity index (χ0v) is 17.9. The third-order valence-corrected chi connectivity index (χ3v) is 4.59. The minimum atomic E-state index is -0.954. The van der Waals surface area contributed by atoms with Crippen molar-refractivity contribution in [3.05, 3.63) is 35.9 Å². The third kappa shape index (κ3) is 12.7. The van der Waals surface area contributed by atoms with Crippen LogP contribution in [0.2, 0.25) is 0 Å². The van der Waals surface area contributed by atoms with E-state index < -0.39 is 17.4 Å². The number of hydrogen-bond acceptors (Lipinski definition) is 7. The fourth-order valence-electron chi connectivity index (χ4n) is 2.58. The topological polar surface area (TPSA) is 129 Å². The van der Waals surface area contributed by atoms with Crippen LogP contribution in [0.1, 0.15) is 38.2 Å². The molecule has 31 heavy (non-hydrogen) atoms. The number of hydrogen-bond donors (Lipinski definition) is 2. The second-order valence-corrected chi connectivity index (χ2v) is 7.20. The van der Waals surface area contributed by atoms with Gasteiger partial charge in [-0.05, 0) is 12.0 Å². The Morgan fingerprint density at radius 2 is 1.29 bits per heavy atom. The highest BCUT2D eigenvalue weighted by Gasteiger charge is 2.30. The van der Waals surface area contributed by atoms with Gasteiger partial charge in [-0.15, -0.1) is 0 Å². The Kier molecular flexibility index (Phi) is 13.1. The van der Waals surface area contributed by atoms with Crippen LogP contribution in [-0.2, 0) is 39.9 Å². The Balaban J connectivity index is 2.43. The van der Waals surface area contributed by atoms with Gasteiger partial charge in [-0.2, -0.15) is 0 Å². The first-order valence-electron chi connectivity index (χ1n) is 10.2. The average Bonchev–Trinajstić information content (AvgIpc) is 2.75. The van der Waals surface area contributed by atoms with Gasteiger partial charge in [-0.25, -0.2) is 0 Å². The van der Waals surface area contributed by atoms with E-state index in [9.17, 15) is 14.4 Å². The first kappa shape index (κ1) is 26.5. The van der Waals surface area contributed by atoms with Gasteiger partial charge < -0.3 is 29.2 Å². The van der Waals surface area contributed by atoms with Gasteiger partial charge in [0.25, 0.3) is 0 Å². The summed E-state index contributed by atoms with van der Waals surface area (Å²) >= 11 is 0. The molecule has 0 atom stereocenters. The van der Waals surface area contributed by atoms with Gasteiger partial charge in [-0.1, -0.05) is 37.3 Å². The molecule has 9 nitrogen and oxygen atoms in total. The molecule has 1 aromatic carbocycles. The van der Waals surface area contributed by atoms with Crippen LogP contribution >= 0.6 is 0 Å². The molecule has 1 aromatic rings.